The third-order valence-corrected chi connectivity index (χ3v) is 3.65. The van der Waals surface area contributed by atoms with Crippen molar-refractivity contribution in [2.45, 2.75) is 4.90 Å². The molecule has 81 valence electrons. The highest BCUT2D eigenvalue weighted by atomic mass is 79.9. The lowest BCUT2D eigenvalue weighted by molar-refractivity contribution is 1.40. The summed E-state index contributed by atoms with van der Waals surface area (Å²) in [5, 5.41) is 0. The molecule has 0 aliphatic heterocycles. The molecule has 0 aliphatic rings. The molecule has 0 bridgehead atoms. The van der Waals surface area contributed by atoms with E-state index in [0.29, 0.717) is 0 Å². The molecule has 2 aromatic carbocycles. The Bertz CT molecular complexity index is 422. The number of hydrogen-bond acceptors (Lipinski definition) is 1. The standard InChI is InChI=1S/C14H12BrS/c15-13-6-8-14(9-7-13)16-11-10-12-4-2-1-3-5-12/h1-10H,11H2. The quantitative estimate of drug-likeness (QED) is 0.730. The average molecular weight is 292 g/mol. The molecule has 0 fully saturated rings. The van der Waals surface area contributed by atoms with Crippen molar-refractivity contribution in [1.29, 1.82) is 0 Å². The van der Waals surface area contributed by atoms with Crippen molar-refractivity contribution in [1.82, 2.24) is 0 Å². The average Bonchev–Trinajstić information content (AvgIpc) is 2.33. The SMILES string of the molecule is Brc1ccc(SC[CH]c2ccccc2)cc1. The van der Waals surface area contributed by atoms with E-state index in [4.69, 9.17) is 0 Å². The summed E-state index contributed by atoms with van der Waals surface area (Å²) in [6.07, 6.45) is 2.24. The highest BCUT2D eigenvalue weighted by molar-refractivity contribution is 9.10. The molecule has 0 heterocycles. The fraction of sp³-hybridized carbons (Fsp3) is 0.0714. The molecule has 2 heteroatoms. The first-order valence-electron chi connectivity index (χ1n) is 5.11. The second-order valence-electron chi connectivity index (χ2n) is 3.38. The Balaban J connectivity index is 1.82. The molecule has 0 spiro atoms. The van der Waals surface area contributed by atoms with E-state index in [1.807, 2.05) is 17.8 Å². The normalized spacial score (nSPS) is 10.3. The van der Waals surface area contributed by atoms with E-state index in [0.717, 1.165) is 10.2 Å². The van der Waals surface area contributed by atoms with E-state index in [-0.39, 0.29) is 0 Å². The zero-order chi connectivity index (χ0) is 11.2. The first-order chi connectivity index (χ1) is 7.84. The summed E-state index contributed by atoms with van der Waals surface area (Å²) in [5.74, 6) is 1.01. The first-order valence-corrected chi connectivity index (χ1v) is 6.89. The Morgan fingerprint density at radius 1 is 0.938 bits per heavy atom. The minimum atomic E-state index is 1.01. The Hall–Kier alpha value is -0.730. The summed E-state index contributed by atoms with van der Waals surface area (Å²) >= 11 is 5.28. The number of hydrogen-bond donors (Lipinski definition) is 0. The van der Waals surface area contributed by atoms with Crippen LogP contribution < -0.4 is 0 Å². The molecular formula is C14H12BrS. The molecule has 2 rings (SSSR count). The van der Waals surface area contributed by atoms with Crippen molar-refractivity contribution in [3.05, 3.63) is 71.1 Å². The van der Waals surface area contributed by atoms with Crippen molar-refractivity contribution in [3.8, 4) is 0 Å². The van der Waals surface area contributed by atoms with E-state index in [9.17, 15) is 0 Å². The van der Waals surface area contributed by atoms with Gasteiger partial charge in [-0.15, -0.1) is 11.8 Å². The number of benzene rings is 2. The van der Waals surface area contributed by atoms with Crippen LogP contribution in [0.15, 0.2) is 64.0 Å². The van der Waals surface area contributed by atoms with Gasteiger partial charge in [-0.1, -0.05) is 46.3 Å². The van der Waals surface area contributed by atoms with Crippen LogP contribution in [0.3, 0.4) is 0 Å². The molecular weight excluding hydrogens is 280 g/mol. The van der Waals surface area contributed by atoms with Gasteiger partial charge in [-0.3, -0.25) is 0 Å². The van der Waals surface area contributed by atoms with Gasteiger partial charge in [0.15, 0.2) is 0 Å². The second kappa shape index (κ2) is 6.12. The Labute approximate surface area is 109 Å². The van der Waals surface area contributed by atoms with E-state index in [1.54, 1.807) is 0 Å². The van der Waals surface area contributed by atoms with Crippen LogP contribution in [0.1, 0.15) is 5.56 Å². The summed E-state index contributed by atoms with van der Waals surface area (Å²) in [6.45, 7) is 0. The third kappa shape index (κ3) is 3.69. The summed E-state index contributed by atoms with van der Waals surface area (Å²) in [7, 11) is 0. The monoisotopic (exact) mass is 291 g/mol. The molecule has 0 aliphatic carbocycles. The zero-order valence-electron chi connectivity index (χ0n) is 8.77. The second-order valence-corrected chi connectivity index (χ2v) is 5.39. The maximum atomic E-state index is 3.43. The topological polar surface area (TPSA) is 0 Å². The van der Waals surface area contributed by atoms with Crippen molar-refractivity contribution < 1.29 is 0 Å². The van der Waals surface area contributed by atoms with Gasteiger partial charge in [0.2, 0.25) is 0 Å². The summed E-state index contributed by atoms with van der Waals surface area (Å²) in [5.41, 5.74) is 1.28. The van der Waals surface area contributed by atoms with Gasteiger partial charge in [-0.2, -0.15) is 0 Å². The third-order valence-electron chi connectivity index (χ3n) is 2.18. The highest BCUT2D eigenvalue weighted by Crippen LogP contribution is 2.22. The van der Waals surface area contributed by atoms with Crippen LogP contribution in [-0.4, -0.2) is 5.75 Å². The van der Waals surface area contributed by atoms with E-state index < -0.39 is 0 Å². The van der Waals surface area contributed by atoms with Gasteiger partial charge in [0.05, 0.1) is 0 Å². The Morgan fingerprint density at radius 2 is 1.62 bits per heavy atom. The van der Waals surface area contributed by atoms with Gasteiger partial charge in [0.25, 0.3) is 0 Å². The zero-order valence-corrected chi connectivity index (χ0v) is 11.2. The molecule has 0 unspecified atom stereocenters. The van der Waals surface area contributed by atoms with Gasteiger partial charge in [0.1, 0.15) is 0 Å². The van der Waals surface area contributed by atoms with Crippen molar-refractivity contribution in [3.63, 3.8) is 0 Å². The lowest BCUT2D eigenvalue weighted by Crippen LogP contribution is -1.84. The molecule has 0 N–H and O–H groups in total. The smallest absolute Gasteiger partial charge is 0.0176 e. The maximum absolute atomic E-state index is 3.43. The van der Waals surface area contributed by atoms with Crippen LogP contribution in [0.25, 0.3) is 0 Å². The summed E-state index contributed by atoms with van der Waals surface area (Å²) in [6, 6.07) is 18.8. The molecule has 0 saturated carbocycles. The molecule has 0 nitrogen and oxygen atoms in total. The molecule has 0 atom stereocenters. The van der Waals surface area contributed by atoms with Crippen LogP contribution in [0.2, 0.25) is 0 Å². The fourth-order valence-electron chi connectivity index (χ4n) is 1.35. The largest absolute Gasteiger partial charge is 0.126 e. The van der Waals surface area contributed by atoms with Gasteiger partial charge < -0.3 is 0 Å². The van der Waals surface area contributed by atoms with Crippen LogP contribution in [-0.2, 0) is 0 Å². The van der Waals surface area contributed by atoms with Crippen LogP contribution in [0.5, 0.6) is 0 Å². The maximum Gasteiger partial charge on any atom is 0.0176 e. The molecule has 16 heavy (non-hydrogen) atoms. The van der Waals surface area contributed by atoms with E-state index >= 15 is 0 Å². The lowest BCUT2D eigenvalue weighted by Gasteiger charge is -2.01. The van der Waals surface area contributed by atoms with Crippen LogP contribution >= 0.6 is 27.7 Å². The van der Waals surface area contributed by atoms with Crippen molar-refractivity contribution in [2.75, 3.05) is 5.75 Å². The van der Waals surface area contributed by atoms with Crippen LogP contribution in [0.4, 0.5) is 0 Å². The number of rotatable bonds is 4. The summed E-state index contributed by atoms with van der Waals surface area (Å²) in [4.78, 5) is 1.30. The predicted molar refractivity (Wildman–Crippen MR) is 74.7 cm³/mol. The van der Waals surface area contributed by atoms with Crippen molar-refractivity contribution >= 4 is 27.7 Å². The van der Waals surface area contributed by atoms with E-state index in [2.05, 4.69) is 70.9 Å². The Morgan fingerprint density at radius 3 is 2.31 bits per heavy atom. The molecule has 0 aromatic heterocycles. The minimum Gasteiger partial charge on any atom is -0.126 e. The van der Waals surface area contributed by atoms with Gasteiger partial charge in [0, 0.05) is 21.5 Å². The summed E-state index contributed by atoms with van der Waals surface area (Å²) < 4.78 is 1.13. The fourth-order valence-corrected chi connectivity index (χ4v) is 2.42. The number of halogens is 1. The predicted octanol–water partition coefficient (Wildman–Crippen LogP) is 4.79. The van der Waals surface area contributed by atoms with Crippen molar-refractivity contribution in [2.24, 2.45) is 0 Å². The van der Waals surface area contributed by atoms with Crippen LogP contribution in [0, 0.1) is 6.42 Å². The van der Waals surface area contributed by atoms with E-state index in [1.165, 1.54) is 10.5 Å². The first kappa shape index (κ1) is 11.7. The van der Waals surface area contributed by atoms with Gasteiger partial charge >= 0.3 is 0 Å². The minimum absolute atomic E-state index is 1.01. The molecule has 0 amide bonds. The van der Waals surface area contributed by atoms with Gasteiger partial charge in [-0.25, -0.2) is 0 Å². The Kier molecular flexibility index (Phi) is 4.49. The molecule has 0 saturated heterocycles. The highest BCUT2D eigenvalue weighted by Gasteiger charge is 1.95. The molecule has 2 aromatic rings. The lowest BCUT2D eigenvalue weighted by atomic mass is 10.2. The van der Waals surface area contributed by atoms with Gasteiger partial charge in [-0.05, 0) is 29.8 Å². The molecule has 1 radical (unpaired) electrons. The number of thioether (sulfide) groups is 1.